The SMILES string of the molecule is CC(CO)NC(=O)Cn1c(CCn2ccccc2=O)nc2c3c(ccc21)N(C(=O)O)[C@@H](C)CC3. The van der Waals surface area contributed by atoms with E-state index in [0.29, 0.717) is 42.8 Å². The highest BCUT2D eigenvalue weighted by molar-refractivity contribution is 5.95. The number of aliphatic hydroxyl groups excluding tert-OH is 1. The van der Waals surface area contributed by atoms with Gasteiger partial charge in [0.15, 0.2) is 0 Å². The average molecular weight is 468 g/mol. The number of aryl methyl sites for hydroxylation is 3. The second-order valence-corrected chi connectivity index (χ2v) is 8.72. The summed E-state index contributed by atoms with van der Waals surface area (Å²) in [5.41, 5.74) is 2.75. The van der Waals surface area contributed by atoms with Gasteiger partial charge in [0.2, 0.25) is 5.91 Å². The number of anilines is 1. The van der Waals surface area contributed by atoms with Crippen LogP contribution in [0, 0.1) is 0 Å². The molecule has 3 heterocycles. The number of imidazole rings is 1. The van der Waals surface area contributed by atoms with Crippen molar-refractivity contribution in [3.8, 4) is 0 Å². The summed E-state index contributed by atoms with van der Waals surface area (Å²) in [4.78, 5) is 42.9. The molecule has 1 aliphatic rings. The lowest BCUT2D eigenvalue weighted by Crippen LogP contribution is -2.41. The van der Waals surface area contributed by atoms with Crippen LogP contribution in [-0.4, -0.2) is 55.0 Å². The Bertz CT molecular complexity index is 1280. The van der Waals surface area contributed by atoms with Crippen molar-refractivity contribution in [1.29, 1.82) is 0 Å². The minimum atomic E-state index is -1.01. The Balaban J connectivity index is 1.76. The lowest BCUT2D eigenvalue weighted by molar-refractivity contribution is -0.122. The van der Waals surface area contributed by atoms with Crippen molar-refractivity contribution in [3.05, 3.63) is 58.3 Å². The van der Waals surface area contributed by atoms with Gasteiger partial charge in [0.1, 0.15) is 12.4 Å². The Morgan fingerprint density at radius 3 is 2.76 bits per heavy atom. The van der Waals surface area contributed by atoms with Crippen LogP contribution in [0.2, 0.25) is 0 Å². The van der Waals surface area contributed by atoms with Gasteiger partial charge in [0.05, 0.1) is 23.3 Å². The number of aliphatic hydroxyl groups is 1. The molecule has 0 spiro atoms. The molecule has 34 heavy (non-hydrogen) atoms. The Hall–Kier alpha value is -3.66. The predicted molar refractivity (Wildman–Crippen MR) is 127 cm³/mol. The molecule has 180 valence electrons. The normalized spacial score (nSPS) is 16.3. The number of carbonyl (C=O) groups excluding carboxylic acids is 1. The maximum Gasteiger partial charge on any atom is 0.412 e. The molecular formula is C24H29N5O5. The standard InChI is InChI=1S/C24H29N5O5/c1-15(14-30)25-21(31)13-28-19-9-8-18-17(7-6-16(2)29(18)24(33)34)23(19)26-20(28)10-12-27-11-4-3-5-22(27)32/h3-5,8-9,11,15-16,30H,6-7,10,12-14H2,1-2H3,(H,25,31)(H,33,34)/t15?,16-/m0/s1. The first-order chi connectivity index (χ1) is 16.3. The van der Waals surface area contributed by atoms with E-state index in [9.17, 15) is 24.6 Å². The first-order valence-corrected chi connectivity index (χ1v) is 11.4. The fourth-order valence-corrected chi connectivity index (χ4v) is 4.51. The molecule has 0 bridgehead atoms. The van der Waals surface area contributed by atoms with Crippen LogP contribution in [0.15, 0.2) is 41.3 Å². The molecule has 1 aliphatic heterocycles. The van der Waals surface area contributed by atoms with E-state index < -0.39 is 6.09 Å². The molecule has 2 amide bonds. The summed E-state index contributed by atoms with van der Waals surface area (Å²) < 4.78 is 3.40. The number of amides is 2. The number of pyridine rings is 1. The molecule has 0 saturated heterocycles. The highest BCUT2D eigenvalue weighted by atomic mass is 16.4. The number of fused-ring (bicyclic) bond motifs is 3. The van der Waals surface area contributed by atoms with E-state index in [1.807, 2.05) is 11.5 Å². The van der Waals surface area contributed by atoms with Gasteiger partial charge in [-0.15, -0.1) is 0 Å². The van der Waals surface area contributed by atoms with Gasteiger partial charge in [-0.05, 0) is 44.9 Å². The Kier molecular flexibility index (Phi) is 6.69. The van der Waals surface area contributed by atoms with E-state index >= 15 is 0 Å². The summed E-state index contributed by atoms with van der Waals surface area (Å²) in [7, 11) is 0. The van der Waals surface area contributed by atoms with Gasteiger partial charge in [0.25, 0.3) is 5.56 Å². The van der Waals surface area contributed by atoms with Gasteiger partial charge in [-0.2, -0.15) is 0 Å². The van der Waals surface area contributed by atoms with Crippen molar-refractivity contribution in [2.45, 2.75) is 58.3 Å². The Morgan fingerprint density at radius 1 is 1.26 bits per heavy atom. The lowest BCUT2D eigenvalue weighted by Gasteiger charge is -2.33. The number of benzene rings is 1. The molecule has 0 aliphatic carbocycles. The minimum Gasteiger partial charge on any atom is -0.465 e. The third kappa shape index (κ3) is 4.54. The van der Waals surface area contributed by atoms with Crippen molar-refractivity contribution < 1.29 is 19.8 Å². The second kappa shape index (κ2) is 9.68. The number of rotatable bonds is 7. The fourth-order valence-electron chi connectivity index (χ4n) is 4.51. The van der Waals surface area contributed by atoms with Crippen LogP contribution in [0.1, 0.15) is 31.7 Å². The van der Waals surface area contributed by atoms with E-state index in [4.69, 9.17) is 4.98 Å². The number of carboxylic acid groups (broad SMARTS) is 1. The number of nitrogens with one attached hydrogen (secondary N) is 1. The summed E-state index contributed by atoms with van der Waals surface area (Å²) in [5, 5.41) is 21.8. The van der Waals surface area contributed by atoms with Crippen molar-refractivity contribution in [3.63, 3.8) is 0 Å². The molecular weight excluding hydrogens is 438 g/mol. The van der Waals surface area contributed by atoms with Crippen LogP contribution in [-0.2, 0) is 30.7 Å². The van der Waals surface area contributed by atoms with Gasteiger partial charge in [-0.25, -0.2) is 9.78 Å². The average Bonchev–Trinajstić information content (AvgIpc) is 3.15. The summed E-state index contributed by atoms with van der Waals surface area (Å²) in [6.45, 7) is 3.81. The number of nitrogens with zero attached hydrogens (tertiary/aromatic N) is 4. The minimum absolute atomic E-state index is 0.00229. The highest BCUT2D eigenvalue weighted by Crippen LogP contribution is 2.36. The molecule has 1 aromatic carbocycles. The molecule has 2 aromatic heterocycles. The van der Waals surface area contributed by atoms with E-state index in [1.165, 1.54) is 11.0 Å². The molecule has 2 atom stereocenters. The molecule has 0 radical (unpaired) electrons. The van der Waals surface area contributed by atoms with Crippen LogP contribution >= 0.6 is 0 Å². The van der Waals surface area contributed by atoms with Crippen molar-refractivity contribution in [1.82, 2.24) is 19.4 Å². The van der Waals surface area contributed by atoms with Gasteiger partial charge in [-0.3, -0.25) is 14.5 Å². The first kappa shape index (κ1) is 23.5. The van der Waals surface area contributed by atoms with E-state index in [0.717, 1.165) is 11.1 Å². The summed E-state index contributed by atoms with van der Waals surface area (Å²) in [6, 6.07) is 8.01. The molecule has 10 nitrogen and oxygen atoms in total. The molecule has 10 heteroatoms. The number of carbonyl (C=O) groups is 2. The zero-order chi connectivity index (χ0) is 24.4. The number of hydrogen-bond acceptors (Lipinski definition) is 5. The van der Waals surface area contributed by atoms with Crippen LogP contribution < -0.4 is 15.8 Å². The van der Waals surface area contributed by atoms with Crippen molar-refractivity contribution in [2.24, 2.45) is 0 Å². The van der Waals surface area contributed by atoms with Crippen molar-refractivity contribution in [2.75, 3.05) is 11.5 Å². The molecule has 1 unspecified atom stereocenters. The van der Waals surface area contributed by atoms with E-state index in [-0.39, 0.29) is 36.7 Å². The summed E-state index contributed by atoms with van der Waals surface area (Å²) in [6.07, 6.45) is 2.47. The van der Waals surface area contributed by atoms with Crippen molar-refractivity contribution >= 4 is 28.7 Å². The highest BCUT2D eigenvalue weighted by Gasteiger charge is 2.30. The third-order valence-electron chi connectivity index (χ3n) is 6.26. The lowest BCUT2D eigenvalue weighted by atomic mass is 9.96. The number of hydrogen-bond donors (Lipinski definition) is 3. The van der Waals surface area contributed by atoms with E-state index in [2.05, 4.69) is 5.32 Å². The molecule has 0 saturated carbocycles. The van der Waals surface area contributed by atoms with Crippen LogP contribution in [0.3, 0.4) is 0 Å². The topological polar surface area (TPSA) is 130 Å². The van der Waals surface area contributed by atoms with Crippen LogP contribution in [0.5, 0.6) is 0 Å². The summed E-state index contributed by atoms with van der Waals surface area (Å²) >= 11 is 0. The Morgan fingerprint density at radius 2 is 2.06 bits per heavy atom. The summed E-state index contributed by atoms with van der Waals surface area (Å²) in [5.74, 6) is 0.365. The smallest absolute Gasteiger partial charge is 0.412 e. The van der Waals surface area contributed by atoms with Gasteiger partial charge in [-0.1, -0.05) is 6.07 Å². The Labute approximate surface area is 196 Å². The maximum absolute atomic E-state index is 12.7. The quantitative estimate of drug-likeness (QED) is 0.486. The van der Waals surface area contributed by atoms with E-state index in [1.54, 1.807) is 42.0 Å². The van der Waals surface area contributed by atoms with Crippen LogP contribution in [0.4, 0.5) is 10.5 Å². The van der Waals surface area contributed by atoms with Gasteiger partial charge in [0, 0.05) is 42.9 Å². The molecule has 4 rings (SSSR count). The maximum atomic E-state index is 12.7. The third-order valence-corrected chi connectivity index (χ3v) is 6.26. The van der Waals surface area contributed by atoms with Gasteiger partial charge < -0.3 is 24.7 Å². The zero-order valence-electron chi connectivity index (χ0n) is 19.3. The predicted octanol–water partition coefficient (Wildman–Crippen LogP) is 1.76. The molecule has 3 N–H and O–H groups in total. The largest absolute Gasteiger partial charge is 0.465 e. The fraction of sp³-hybridized carbons (Fsp3) is 0.417. The monoisotopic (exact) mass is 467 g/mol. The second-order valence-electron chi connectivity index (χ2n) is 8.72. The number of aromatic nitrogens is 3. The molecule has 3 aromatic rings. The zero-order valence-corrected chi connectivity index (χ0v) is 19.3. The van der Waals surface area contributed by atoms with Gasteiger partial charge >= 0.3 is 6.09 Å². The van der Waals surface area contributed by atoms with Crippen LogP contribution in [0.25, 0.3) is 11.0 Å². The molecule has 0 fully saturated rings. The first-order valence-electron chi connectivity index (χ1n) is 11.4.